The van der Waals surface area contributed by atoms with E-state index in [9.17, 15) is 4.79 Å². The molecule has 2 aromatic rings. The molecule has 3 nitrogen and oxygen atoms in total. The lowest BCUT2D eigenvalue weighted by Gasteiger charge is -2.11. The van der Waals surface area contributed by atoms with Crippen LogP contribution >= 0.6 is 46.4 Å². The van der Waals surface area contributed by atoms with E-state index in [0.29, 0.717) is 21.5 Å². The summed E-state index contributed by atoms with van der Waals surface area (Å²) in [6.07, 6.45) is 0. The first kappa shape index (κ1) is 17.2. The van der Waals surface area contributed by atoms with Gasteiger partial charge < -0.3 is 10.1 Å². The number of carbonyl (C=O) groups is 1. The van der Waals surface area contributed by atoms with E-state index in [1.165, 1.54) is 12.1 Å². The molecule has 0 unspecified atom stereocenters. The smallest absolute Gasteiger partial charge is 0.262 e. The minimum absolute atomic E-state index is 0.184. The Hall–Kier alpha value is -1.13. The third kappa shape index (κ3) is 4.43. The van der Waals surface area contributed by atoms with Crippen LogP contribution in [0.2, 0.25) is 20.1 Å². The average Bonchev–Trinajstić information content (AvgIpc) is 2.44. The number of aryl methyl sites for hydroxylation is 1. The quantitative estimate of drug-likeness (QED) is 0.748. The largest absolute Gasteiger partial charge is 0.484 e. The second-order valence-corrected chi connectivity index (χ2v) is 6.15. The highest BCUT2D eigenvalue weighted by molar-refractivity contribution is 6.42. The Balaban J connectivity index is 2.00. The van der Waals surface area contributed by atoms with E-state index in [4.69, 9.17) is 51.1 Å². The van der Waals surface area contributed by atoms with Crippen molar-refractivity contribution >= 4 is 58.0 Å². The molecule has 0 aliphatic carbocycles. The molecule has 116 valence electrons. The first-order chi connectivity index (χ1) is 10.4. The molecule has 0 atom stereocenters. The molecular weight excluding hydrogens is 368 g/mol. The summed E-state index contributed by atoms with van der Waals surface area (Å²) < 4.78 is 5.40. The van der Waals surface area contributed by atoms with Crippen LogP contribution in [-0.4, -0.2) is 12.5 Å². The fraction of sp³-hybridized carbons (Fsp3) is 0.133. The van der Waals surface area contributed by atoms with Crippen molar-refractivity contribution < 1.29 is 9.53 Å². The lowest BCUT2D eigenvalue weighted by atomic mass is 10.2. The fourth-order valence-corrected chi connectivity index (χ4v) is 2.72. The first-order valence-corrected chi connectivity index (χ1v) is 7.71. The number of ether oxygens (including phenoxy) is 1. The van der Waals surface area contributed by atoms with Crippen LogP contribution in [0.4, 0.5) is 5.69 Å². The van der Waals surface area contributed by atoms with Crippen LogP contribution in [0.5, 0.6) is 5.75 Å². The van der Waals surface area contributed by atoms with E-state index >= 15 is 0 Å². The van der Waals surface area contributed by atoms with E-state index in [2.05, 4.69) is 5.32 Å². The number of anilines is 1. The Morgan fingerprint density at radius 2 is 1.68 bits per heavy atom. The molecule has 0 saturated heterocycles. The summed E-state index contributed by atoms with van der Waals surface area (Å²) in [5.74, 6) is 0.157. The second kappa shape index (κ2) is 7.42. The van der Waals surface area contributed by atoms with Crippen molar-refractivity contribution in [3.8, 4) is 5.75 Å². The number of benzene rings is 2. The summed E-state index contributed by atoms with van der Waals surface area (Å²) in [6, 6.07) is 8.13. The highest BCUT2D eigenvalue weighted by atomic mass is 35.5. The van der Waals surface area contributed by atoms with Gasteiger partial charge in [0.1, 0.15) is 5.75 Å². The number of nitrogens with one attached hydrogen (secondary N) is 1. The predicted molar refractivity (Wildman–Crippen MR) is 91.8 cm³/mol. The Kier molecular flexibility index (Phi) is 5.81. The van der Waals surface area contributed by atoms with E-state index in [1.54, 1.807) is 18.2 Å². The maximum Gasteiger partial charge on any atom is 0.262 e. The molecule has 1 N–H and O–H groups in total. The molecule has 1 amide bonds. The molecule has 0 aliphatic heterocycles. The van der Waals surface area contributed by atoms with Gasteiger partial charge in [0, 0.05) is 10.0 Å². The van der Waals surface area contributed by atoms with Crippen molar-refractivity contribution in [3.63, 3.8) is 0 Å². The minimum Gasteiger partial charge on any atom is -0.484 e. The van der Waals surface area contributed by atoms with Gasteiger partial charge in [0.2, 0.25) is 0 Å². The van der Waals surface area contributed by atoms with Gasteiger partial charge in [-0.3, -0.25) is 4.79 Å². The molecule has 0 bridgehead atoms. The van der Waals surface area contributed by atoms with Gasteiger partial charge in [-0.15, -0.1) is 0 Å². The highest BCUT2D eigenvalue weighted by Gasteiger charge is 2.12. The molecule has 0 fully saturated rings. The van der Waals surface area contributed by atoms with Gasteiger partial charge in [-0.25, -0.2) is 0 Å². The van der Waals surface area contributed by atoms with E-state index in [0.717, 1.165) is 5.56 Å². The number of halogens is 4. The van der Waals surface area contributed by atoms with Crippen molar-refractivity contribution in [2.45, 2.75) is 6.92 Å². The third-order valence-electron chi connectivity index (χ3n) is 2.77. The maximum atomic E-state index is 11.9. The van der Waals surface area contributed by atoms with Crippen molar-refractivity contribution in [1.82, 2.24) is 0 Å². The summed E-state index contributed by atoms with van der Waals surface area (Å²) in [5.41, 5.74) is 1.16. The third-order valence-corrected chi connectivity index (χ3v) is 4.01. The standard InChI is InChI=1S/C15H11Cl4NO2/c1-8-4-10(2-3-11(8)17)22-7-14(21)20-15-12(18)5-9(16)6-13(15)19/h2-6H,7H2,1H3,(H,20,21). The number of amides is 1. The number of hydrogen-bond donors (Lipinski definition) is 1. The van der Waals surface area contributed by atoms with Crippen LogP contribution < -0.4 is 10.1 Å². The van der Waals surface area contributed by atoms with Crippen LogP contribution in [0.1, 0.15) is 5.56 Å². The fourth-order valence-electron chi connectivity index (χ4n) is 1.69. The van der Waals surface area contributed by atoms with Gasteiger partial charge in [-0.05, 0) is 42.8 Å². The van der Waals surface area contributed by atoms with Crippen LogP contribution in [-0.2, 0) is 4.79 Å². The molecule has 0 spiro atoms. The summed E-state index contributed by atoms with van der Waals surface area (Å²) in [7, 11) is 0. The van der Waals surface area contributed by atoms with Crippen molar-refractivity contribution in [2.75, 3.05) is 11.9 Å². The van der Waals surface area contributed by atoms with Crippen LogP contribution in [0.3, 0.4) is 0 Å². The molecule has 0 heterocycles. The van der Waals surface area contributed by atoms with Gasteiger partial charge in [0.15, 0.2) is 6.61 Å². The second-order valence-electron chi connectivity index (χ2n) is 4.49. The van der Waals surface area contributed by atoms with E-state index in [-0.39, 0.29) is 16.7 Å². The zero-order valence-electron chi connectivity index (χ0n) is 11.4. The maximum absolute atomic E-state index is 11.9. The monoisotopic (exact) mass is 377 g/mol. The lowest BCUT2D eigenvalue weighted by Crippen LogP contribution is -2.20. The topological polar surface area (TPSA) is 38.3 Å². The van der Waals surface area contributed by atoms with Gasteiger partial charge >= 0.3 is 0 Å². The molecule has 7 heteroatoms. The summed E-state index contributed by atoms with van der Waals surface area (Å²) >= 11 is 23.7. The van der Waals surface area contributed by atoms with Gasteiger partial charge in [0.05, 0.1) is 15.7 Å². The minimum atomic E-state index is -0.390. The van der Waals surface area contributed by atoms with Gasteiger partial charge in [-0.2, -0.15) is 0 Å². The molecule has 2 rings (SSSR count). The Bertz CT molecular complexity index is 696. The Labute approximate surface area is 148 Å². The van der Waals surface area contributed by atoms with E-state index in [1.807, 2.05) is 6.92 Å². The molecule has 0 aromatic heterocycles. The first-order valence-electron chi connectivity index (χ1n) is 6.20. The van der Waals surface area contributed by atoms with Gasteiger partial charge in [-0.1, -0.05) is 46.4 Å². The van der Waals surface area contributed by atoms with Crippen molar-refractivity contribution in [3.05, 3.63) is 56.0 Å². The van der Waals surface area contributed by atoms with Crippen molar-refractivity contribution in [2.24, 2.45) is 0 Å². The number of carbonyl (C=O) groups excluding carboxylic acids is 1. The summed E-state index contributed by atoms with van der Waals surface area (Å²) in [5, 5.41) is 4.13. The zero-order chi connectivity index (χ0) is 16.3. The molecule has 0 radical (unpaired) electrons. The van der Waals surface area contributed by atoms with Crippen molar-refractivity contribution in [1.29, 1.82) is 0 Å². The highest BCUT2D eigenvalue weighted by Crippen LogP contribution is 2.33. The Morgan fingerprint density at radius 3 is 2.27 bits per heavy atom. The predicted octanol–water partition coefficient (Wildman–Crippen LogP) is 5.63. The number of hydrogen-bond acceptors (Lipinski definition) is 2. The van der Waals surface area contributed by atoms with E-state index < -0.39 is 5.91 Å². The average molecular weight is 379 g/mol. The molecule has 2 aromatic carbocycles. The normalized spacial score (nSPS) is 10.4. The SMILES string of the molecule is Cc1cc(OCC(=O)Nc2c(Cl)cc(Cl)cc2Cl)ccc1Cl. The summed E-state index contributed by atoms with van der Waals surface area (Å²) in [4.78, 5) is 11.9. The molecule has 22 heavy (non-hydrogen) atoms. The summed E-state index contributed by atoms with van der Waals surface area (Å²) in [6.45, 7) is 1.67. The molecular formula is C15H11Cl4NO2. The van der Waals surface area contributed by atoms with Crippen LogP contribution in [0.15, 0.2) is 30.3 Å². The number of rotatable bonds is 4. The molecule has 0 saturated carbocycles. The zero-order valence-corrected chi connectivity index (χ0v) is 14.4. The molecule has 0 aliphatic rings. The Morgan fingerprint density at radius 1 is 1.05 bits per heavy atom. The van der Waals surface area contributed by atoms with Crippen LogP contribution in [0.25, 0.3) is 0 Å². The van der Waals surface area contributed by atoms with Crippen LogP contribution in [0, 0.1) is 6.92 Å². The van der Waals surface area contributed by atoms with Gasteiger partial charge in [0.25, 0.3) is 5.91 Å². The lowest BCUT2D eigenvalue weighted by molar-refractivity contribution is -0.118.